The number of amides is 1. The van der Waals surface area contributed by atoms with E-state index in [-0.39, 0.29) is 5.91 Å². The van der Waals surface area contributed by atoms with Gasteiger partial charge in [-0.15, -0.1) is 0 Å². The van der Waals surface area contributed by atoms with E-state index in [1.54, 1.807) is 7.11 Å². The third-order valence-corrected chi connectivity index (χ3v) is 5.85. The molecule has 0 atom stereocenters. The molecule has 0 aliphatic heterocycles. The number of hydrogen-bond donors (Lipinski definition) is 2. The highest BCUT2D eigenvalue weighted by Crippen LogP contribution is 2.32. The molecule has 0 fully saturated rings. The van der Waals surface area contributed by atoms with Crippen molar-refractivity contribution in [3.05, 3.63) is 89.5 Å². The second-order valence-corrected chi connectivity index (χ2v) is 7.94. The first kappa shape index (κ1) is 22.6. The zero-order valence-electron chi connectivity index (χ0n) is 19.2. The number of hydrogen-bond acceptors (Lipinski definition) is 3. The van der Waals surface area contributed by atoms with E-state index in [0.717, 1.165) is 44.6 Å². The van der Waals surface area contributed by atoms with Gasteiger partial charge in [-0.2, -0.15) is 0 Å². The van der Waals surface area contributed by atoms with Gasteiger partial charge in [-0.25, -0.2) is 0 Å². The predicted octanol–water partition coefficient (Wildman–Crippen LogP) is 5.63. The Morgan fingerprint density at radius 1 is 0.939 bits per heavy atom. The average molecular weight is 443 g/mol. The molecule has 0 saturated heterocycles. The van der Waals surface area contributed by atoms with Crippen LogP contribution in [0.5, 0.6) is 5.75 Å². The number of methoxy groups -OCH3 is 1. The number of benzene rings is 3. The van der Waals surface area contributed by atoms with Crippen LogP contribution in [0.15, 0.2) is 72.8 Å². The lowest BCUT2D eigenvalue weighted by Gasteiger charge is -2.11. The van der Waals surface area contributed by atoms with E-state index in [9.17, 15) is 4.79 Å². The molecule has 0 spiro atoms. The molecule has 2 N–H and O–H groups in total. The zero-order valence-corrected chi connectivity index (χ0v) is 19.2. The van der Waals surface area contributed by atoms with Gasteiger partial charge in [0.25, 0.3) is 0 Å². The maximum atomic E-state index is 12.7. The number of rotatable bonds is 10. The molecule has 0 radical (unpaired) electrons. The molecule has 0 unspecified atom stereocenters. The van der Waals surface area contributed by atoms with E-state index >= 15 is 0 Å². The van der Waals surface area contributed by atoms with Gasteiger partial charge in [0.2, 0.25) is 5.91 Å². The maximum Gasteiger partial charge on any atom is 0.220 e. The van der Waals surface area contributed by atoms with Crippen molar-refractivity contribution < 1.29 is 14.3 Å². The summed E-state index contributed by atoms with van der Waals surface area (Å²) in [4.78, 5) is 16.3. The second-order valence-electron chi connectivity index (χ2n) is 7.94. The third-order valence-electron chi connectivity index (χ3n) is 5.85. The van der Waals surface area contributed by atoms with Gasteiger partial charge in [0.1, 0.15) is 5.75 Å². The Balaban J connectivity index is 1.47. The molecular formula is C28H30N2O3. The van der Waals surface area contributed by atoms with Gasteiger partial charge in [0.15, 0.2) is 0 Å². The molecule has 5 heteroatoms. The molecule has 0 saturated carbocycles. The van der Waals surface area contributed by atoms with E-state index in [1.165, 1.54) is 0 Å². The number of carbonyl (C=O) groups excluding carboxylic acids is 1. The summed E-state index contributed by atoms with van der Waals surface area (Å²) < 4.78 is 10.8. The van der Waals surface area contributed by atoms with Crippen molar-refractivity contribution in [1.29, 1.82) is 0 Å². The monoisotopic (exact) mass is 442 g/mol. The van der Waals surface area contributed by atoms with Crippen LogP contribution < -0.4 is 10.1 Å². The number of ether oxygens (including phenoxy) is 2. The summed E-state index contributed by atoms with van der Waals surface area (Å²) >= 11 is 0. The number of para-hydroxylation sites is 1. The fourth-order valence-corrected chi connectivity index (χ4v) is 4.07. The highest BCUT2D eigenvalue weighted by Gasteiger charge is 2.15. The minimum atomic E-state index is 0.0344. The molecule has 0 aliphatic rings. The van der Waals surface area contributed by atoms with E-state index < -0.39 is 0 Å². The molecule has 1 aromatic heterocycles. The van der Waals surface area contributed by atoms with Gasteiger partial charge in [-0.05, 0) is 65.9 Å². The van der Waals surface area contributed by atoms with Crippen molar-refractivity contribution in [2.75, 3.05) is 13.7 Å². The third kappa shape index (κ3) is 5.44. The average Bonchev–Trinajstić information content (AvgIpc) is 3.24. The Hall–Kier alpha value is -3.57. The van der Waals surface area contributed by atoms with Crippen LogP contribution in [0.4, 0.5) is 0 Å². The molecule has 5 nitrogen and oxygen atoms in total. The largest absolute Gasteiger partial charge is 0.497 e. The van der Waals surface area contributed by atoms with Crippen molar-refractivity contribution >= 4 is 16.8 Å². The van der Waals surface area contributed by atoms with E-state index in [4.69, 9.17) is 9.47 Å². The summed E-state index contributed by atoms with van der Waals surface area (Å²) in [5.41, 5.74) is 6.55. The van der Waals surface area contributed by atoms with E-state index in [1.807, 2.05) is 67.6 Å². The number of H-pyrrole nitrogens is 1. The maximum absolute atomic E-state index is 12.7. The van der Waals surface area contributed by atoms with Crippen LogP contribution in [0, 0.1) is 0 Å². The van der Waals surface area contributed by atoms with Crippen molar-refractivity contribution in [3.63, 3.8) is 0 Å². The Labute approximate surface area is 194 Å². The molecule has 170 valence electrons. The first-order valence-corrected chi connectivity index (χ1v) is 11.3. The van der Waals surface area contributed by atoms with Crippen LogP contribution in [0.1, 0.15) is 30.0 Å². The second kappa shape index (κ2) is 10.8. The minimum absolute atomic E-state index is 0.0344. The Morgan fingerprint density at radius 3 is 2.42 bits per heavy atom. The van der Waals surface area contributed by atoms with Gasteiger partial charge in [0.05, 0.1) is 13.7 Å². The summed E-state index contributed by atoms with van der Waals surface area (Å²) in [5, 5.41) is 4.23. The summed E-state index contributed by atoms with van der Waals surface area (Å²) in [6.45, 7) is 3.71. The lowest BCUT2D eigenvalue weighted by Crippen LogP contribution is -2.23. The number of nitrogens with one attached hydrogen (secondary N) is 2. The molecule has 1 amide bonds. The van der Waals surface area contributed by atoms with Gasteiger partial charge in [0, 0.05) is 36.2 Å². The number of fused-ring (bicyclic) bond motifs is 1. The normalized spacial score (nSPS) is 11.0. The van der Waals surface area contributed by atoms with Crippen molar-refractivity contribution in [2.45, 2.75) is 32.9 Å². The van der Waals surface area contributed by atoms with Crippen LogP contribution in [-0.2, 0) is 29.1 Å². The first-order chi connectivity index (χ1) is 16.2. The quantitative estimate of drug-likeness (QED) is 0.335. The van der Waals surface area contributed by atoms with Crippen molar-refractivity contribution in [1.82, 2.24) is 10.3 Å². The summed E-state index contributed by atoms with van der Waals surface area (Å²) in [7, 11) is 1.66. The molecular weight excluding hydrogens is 412 g/mol. The lowest BCUT2D eigenvalue weighted by atomic mass is 10.0. The van der Waals surface area contributed by atoms with Gasteiger partial charge in [-0.3, -0.25) is 4.79 Å². The van der Waals surface area contributed by atoms with Crippen molar-refractivity contribution in [2.24, 2.45) is 0 Å². The predicted molar refractivity (Wildman–Crippen MR) is 132 cm³/mol. The molecule has 33 heavy (non-hydrogen) atoms. The summed E-state index contributed by atoms with van der Waals surface area (Å²) in [6, 6.07) is 24.3. The first-order valence-electron chi connectivity index (χ1n) is 11.3. The molecule has 1 heterocycles. The standard InChI is InChI=1S/C28H30N2O3/c1-3-33-19-22-9-5-4-8-21(22)18-29-27(31)17-16-25-24-10-6-7-11-26(24)30-28(25)20-12-14-23(32-2)15-13-20/h4-15,30H,3,16-19H2,1-2H3,(H,29,31). The van der Waals surface area contributed by atoms with Gasteiger partial charge < -0.3 is 19.8 Å². The van der Waals surface area contributed by atoms with Gasteiger partial charge in [-0.1, -0.05) is 42.5 Å². The number of carbonyl (C=O) groups is 1. The molecule has 3 aromatic carbocycles. The Kier molecular flexibility index (Phi) is 7.43. The Bertz CT molecular complexity index is 1210. The molecule has 4 rings (SSSR count). The van der Waals surface area contributed by atoms with E-state index in [2.05, 4.69) is 22.4 Å². The van der Waals surface area contributed by atoms with Crippen molar-refractivity contribution in [3.8, 4) is 17.0 Å². The summed E-state index contributed by atoms with van der Waals surface area (Å²) in [5.74, 6) is 0.854. The van der Waals surface area contributed by atoms with Gasteiger partial charge >= 0.3 is 0 Å². The highest BCUT2D eigenvalue weighted by atomic mass is 16.5. The molecule has 0 bridgehead atoms. The Morgan fingerprint density at radius 2 is 1.67 bits per heavy atom. The van der Waals surface area contributed by atoms with Crippen LogP contribution in [0.25, 0.3) is 22.2 Å². The van der Waals surface area contributed by atoms with Crippen LogP contribution >= 0.6 is 0 Å². The van der Waals surface area contributed by atoms with E-state index in [0.29, 0.717) is 32.6 Å². The van der Waals surface area contributed by atoms with Crippen LogP contribution in [0.3, 0.4) is 0 Å². The topological polar surface area (TPSA) is 63.4 Å². The zero-order chi connectivity index (χ0) is 23.0. The fraction of sp³-hybridized carbons (Fsp3) is 0.250. The number of aryl methyl sites for hydroxylation is 1. The smallest absolute Gasteiger partial charge is 0.220 e. The molecule has 4 aromatic rings. The van der Waals surface area contributed by atoms with Crippen LogP contribution in [0.2, 0.25) is 0 Å². The fourth-order valence-electron chi connectivity index (χ4n) is 4.07. The molecule has 0 aliphatic carbocycles. The minimum Gasteiger partial charge on any atom is -0.497 e. The summed E-state index contributed by atoms with van der Waals surface area (Å²) in [6.07, 6.45) is 1.07. The number of aromatic nitrogens is 1. The number of aromatic amines is 1. The SMILES string of the molecule is CCOCc1ccccc1CNC(=O)CCc1c(-c2ccc(OC)cc2)[nH]c2ccccc12. The van der Waals surface area contributed by atoms with Crippen LogP contribution in [-0.4, -0.2) is 24.6 Å². The highest BCUT2D eigenvalue weighted by molar-refractivity contribution is 5.91. The lowest BCUT2D eigenvalue weighted by molar-refractivity contribution is -0.121.